The van der Waals surface area contributed by atoms with Crippen LogP contribution in [-0.2, 0) is 12.8 Å². The summed E-state index contributed by atoms with van der Waals surface area (Å²) in [4.78, 5) is 8.11. The Hall–Kier alpha value is -1.82. The predicted octanol–water partition coefficient (Wildman–Crippen LogP) is 2.89. The molecule has 1 aliphatic rings. The van der Waals surface area contributed by atoms with Gasteiger partial charge >= 0.3 is 0 Å². The van der Waals surface area contributed by atoms with Crippen molar-refractivity contribution in [3.63, 3.8) is 0 Å². The van der Waals surface area contributed by atoms with E-state index in [0.29, 0.717) is 0 Å². The van der Waals surface area contributed by atoms with Gasteiger partial charge in [-0.15, -0.1) is 21.5 Å². The lowest BCUT2D eigenvalue weighted by Gasteiger charge is -2.23. The van der Waals surface area contributed by atoms with Crippen LogP contribution in [0, 0.1) is 6.92 Å². The van der Waals surface area contributed by atoms with Crippen LogP contribution in [0.15, 0.2) is 0 Å². The molecule has 0 fully saturated rings. The Morgan fingerprint density at radius 3 is 2.57 bits per heavy atom. The van der Waals surface area contributed by atoms with Crippen molar-refractivity contribution in [1.29, 1.82) is 0 Å². The summed E-state index contributed by atoms with van der Waals surface area (Å²) in [6.45, 7) is 1.99. The minimum absolute atomic E-state index is 0.943. The number of pyridine rings is 1. The normalized spacial score (nSPS) is 14.6. The third-order valence-electron chi connectivity index (χ3n) is 4.20. The maximum absolute atomic E-state index is 4.92. The Kier molecular flexibility index (Phi) is 2.82. The molecular weight excluding hydrogens is 282 g/mol. The largest absolute Gasteiger partial charge is 0.362 e. The molecule has 0 saturated heterocycles. The first kappa shape index (κ1) is 12.9. The average Bonchev–Trinajstić information content (AvgIpc) is 2.86. The van der Waals surface area contributed by atoms with Crippen LogP contribution >= 0.6 is 11.3 Å². The van der Waals surface area contributed by atoms with Crippen LogP contribution in [0.3, 0.4) is 0 Å². The molecule has 0 aliphatic heterocycles. The second-order valence-electron chi connectivity index (χ2n) is 5.83. The molecule has 3 aromatic rings. The number of rotatable bonds is 1. The van der Waals surface area contributed by atoms with Crippen molar-refractivity contribution in [2.24, 2.45) is 0 Å². The van der Waals surface area contributed by atoms with Crippen LogP contribution in [-0.4, -0.2) is 34.5 Å². The molecule has 21 heavy (non-hydrogen) atoms. The average molecular weight is 299 g/mol. The second-order valence-corrected chi connectivity index (χ2v) is 6.83. The summed E-state index contributed by atoms with van der Waals surface area (Å²) in [5.74, 6) is 1.11. The van der Waals surface area contributed by atoms with Crippen LogP contribution in [0.2, 0.25) is 0 Å². The summed E-state index contributed by atoms with van der Waals surface area (Å²) in [7, 11) is 4.14. The highest BCUT2D eigenvalue weighted by Gasteiger charge is 2.23. The fraction of sp³-hybridized carbons (Fsp3) is 0.467. The SMILES string of the molecule is Cc1nnnc2c1sc1nc(N(C)C)c3c(c12)CCCC3. The standard InChI is InChI=1S/C15H17N5S/c1-8-13-12(18-19-17-8)11-9-6-4-5-7-10(9)14(20(2)3)16-15(11)21-13/h4-7H2,1-3H3. The van der Waals surface area contributed by atoms with Gasteiger partial charge in [0.05, 0.1) is 10.4 Å². The Bertz CT molecular complexity index is 852. The topological polar surface area (TPSA) is 54.8 Å². The predicted molar refractivity (Wildman–Crippen MR) is 86.2 cm³/mol. The molecular formula is C15H17N5S. The highest BCUT2D eigenvalue weighted by atomic mass is 32.1. The molecule has 108 valence electrons. The van der Waals surface area contributed by atoms with Gasteiger partial charge in [-0.2, -0.15) is 0 Å². The van der Waals surface area contributed by atoms with E-state index in [2.05, 4.69) is 34.4 Å². The summed E-state index contributed by atoms with van der Waals surface area (Å²) >= 11 is 1.69. The lowest BCUT2D eigenvalue weighted by atomic mass is 9.90. The first-order valence-corrected chi connectivity index (χ1v) is 8.09. The highest BCUT2D eigenvalue weighted by molar-refractivity contribution is 7.25. The fourth-order valence-electron chi connectivity index (χ4n) is 3.24. The van der Waals surface area contributed by atoms with E-state index < -0.39 is 0 Å². The molecule has 0 bridgehead atoms. The van der Waals surface area contributed by atoms with Crippen molar-refractivity contribution >= 4 is 37.6 Å². The Morgan fingerprint density at radius 1 is 1.05 bits per heavy atom. The molecule has 4 rings (SSSR count). The molecule has 0 aromatic carbocycles. The van der Waals surface area contributed by atoms with E-state index in [9.17, 15) is 0 Å². The third-order valence-corrected chi connectivity index (χ3v) is 5.38. The quantitative estimate of drug-likeness (QED) is 0.691. The molecule has 0 radical (unpaired) electrons. The smallest absolute Gasteiger partial charge is 0.133 e. The van der Waals surface area contributed by atoms with E-state index in [-0.39, 0.29) is 0 Å². The maximum atomic E-state index is 4.92. The summed E-state index contributed by atoms with van der Waals surface area (Å²) in [6.07, 6.45) is 4.72. The number of thiophene rings is 1. The van der Waals surface area contributed by atoms with Crippen molar-refractivity contribution in [1.82, 2.24) is 20.4 Å². The van der Waals surface area contributed by atoms with E-state index in [1.165, 1.54) is 29.4 Å². The number of hydrogen-bond acceptors (Lipinski definition) is 6. The van der Waals surface area contributed by atoms with Crippen LogP contribution < -0.4 is 4.90 Å². The molecule has 3 aromatic heterocycles. The van der Waals surface area contributed by atoms with Gasteiger partial charge in [-0.05, 0) is 48.9 Å². The summed E-state index contributed by atoms with van der Waals surface area (Å²) < 4.78 is 1.12. The third kappa shape index (κ3) is 1.82. The zero-order valence-electron chi connectivity index (χ0n) is 12.5. The number of aromatic nitrogens is 4. The highest BCUT2D eigenvalue weighted by Crippen LogP contribution is 2.40. The zero-order valence-corrected chi connectivity index (χ0v) is 13.3. The monoisotopic (exact) mass is 299 g/mol. The Morgan fingerprint density at radius 2 is 1.81 bits per heavy atom. The van der Waals surface area contributed by atoms with Crippen molar-refractivity contribution in [2.75, 3.05) is 19.0 Å². The van der Waals surface area contributed by atoms with Gasteiger partial charge in [0.2, 0.25) is 0 Å². The van der Waals surface area contributed by atoms with Gasteiger partial charge in [0, 0.05) is 19.5 Å². The first-order valence-electron chi connectivity index (χ1n) is 7.28. The number of nitrogens with zero attached hydrogens (tertiary/aromatic N) is 5. The number of anilines is 1. The molecule has 0 spiro atoms. The van der Waals surface area contributed by atoms with Crippen LogP contribution in [0.4, 0.5) is 5.82 Å². The first-order chi connectivity index (χ1) is 10.2. The summed E-state index contributed by atoms with van der Waals surface area (Å²) in [5.41, 5.74) is 4.76. The Labute approximate surface area is 127 Å². The maximum Gasteiger partial charge on any atom is 0.133 e. The van der Waals surface area contributed by atoms with Gasteiger partial charge in [0.25, 0.3) is 0 Å². The molecule has 0 saturated carbocycles. The molecule has 3 heterocycles. The summed E-state index contributed by atoms with van der Waals surface area (Å²) in [5, 5.41) is 13.5. The molecule has 6 heteroatoms. The van der Waals surface area contributed by atoms with Gasteiger partial charge in [-0.1, -0.05) is 0 Å². The van der Waals surface area contributed by atoms with E-state index >= 15 is 0 Å². The van der Waals surface area contributed by atoms with Crippen LogP contribution in [0.25, 0.3) is 20.4 Å². The van der Waals surface area contributed by atoms with Crippen LogP contribution in [0.5, 0.6) is 0 Å². The van der Waals surface area contributed by atoms with Gasteiger partial charge in [-0.25, -0.2) is 4.98 Å². The van der Waals surface area contributed by atoms with E-state index in [1.807, 2.05) is 6.92 Å². The molecule has 0 N–H and O–H groups in total. The summed E-state index contributed by atoms with van der Waals surface area (Å²) in [6, 6.07) is 0. The van der Waals surface area contributed by atoms with E-state index in [1.54, 1.807) is 11.3 Å². The van der Waals surface area contributed by atoms with E-state index in [4.69, 9.17) is 4.98 Å². The minimum atomic E-state index is 0.943. The van der Waals surface area contributed by atoms with Gasteiger partial charge in [0.1, 0.15) is 16.2 Å². The molecule has 1 aliphatic carbocycles. The number of hydrogen-bond donors (Lipinski definition) is 0. The van der Waals surface area contributed by atoms with Crippen LogP contribution in [0.1, 0.15) is 29.7 Å². The van der Waals surface area contributed by atoms with Crippen molar-refractivity contribution in [3.8, 4) is 0 Å². The number of fused-ring (bicyclic) bond motifs is 5. The van der Waals surface area contributed by atoms with E-state index in [0.717, 1.165) is 39.4 Å². The van der Waals surface area contributed by atoms with Gasteiger partial charge in [-0.3, -0.25) is 0 Å². The molecule has 0 amide bonds. The van der Waals surface area contributed by atoms with Gasteiger partial charge in [0.15, 0.2) is 0 Å². The molecule has 5 nitrogen and oxygen atoms in total. The second kappa shape index (κ2) is 4.59. The lowest BCUT2D eigenvalue weighted by Crippen LogP contribution is -2.16. The lowest BCUT2D eigenvalue weighted by molar-refractivity contribution is 0.686. The van der Waals surface area contributed by atoms with Crippen molar-refractivity contribution in [2.45, 2.75) is 32.6 Å². The van der Waals surface area contributed by atoms with Crippen molar-refractivity contribution < 1.29 is 0 Å². The number of aryl methyl sites for hydroxylation is 2. The van der Waals surface area contributed by atoms with Crippen molar-refractivity contribution in [3.05, 3.63) is 16.8 Å². The fourth-order valence-corrected chi connectivity index (χ4v) is 4.32. The van der Waals surface area contributed by atoms with Gasteiger partial charge < -0.3 is 4.90 Å². The molecule has 0 unspecified atom stereocenters. The molecule has 0 atom stereocenters. The zero-order chi connectivity index (χ0) is 14.6. The minimum Gasteiger partial charge on any atom is -0.362 e. The Balaban J connectivity index is 2.18.